The molecule has 7 heteroatoms. The molecule has 0 amide bonds. The van der Waals surface area contributed by atoms with Gasteiger partial charge in [0.15, 0.2) is 0 Å². The van der Waals surface area contributed by atoms with E-state index in [0.29, 0.717) is 33.0 Å². The Bertz CT molecular complexity index is 139. The van der Waals surface area contributed by atoms with E-state index in [9.17, 15) is 0 Å². The summed E-state index contributed by atoms with van der Waals surface area (Å²) < 4.78 is 13.1. The third-order valence-corrected chi connectivity index (χ3v) is 1.47. The van der Waals surface area contributed by atoms with Crippen molar-refractivity contribution in [2.45, 2.75) is 4.52 Å². The summed E-state index contributed by atoms with van der Waals surface area (Å²) in [6.07, 6.45) is 0. The third-order valence-electron chi connectivity index (χ3n) is 1.26. The number of aliphatic hydroxyl groups excluding tert-OH is 1. The Kier molecular flexibility index (Phi) is 9.84. The number of aliphatic hydroxyl groups is 2. The van der Waals surface area contributed by atoms with Gasteiger partial charge in [0.25, 0.3) is 0 Å². The smallest absolute Gasteiger partial charge is 0.238 e. The zero-order chi connectivity index (χ0) is 11.6. The number of alkyl halides is 2. The summed E-state index contributed by atoms with van der Waals surface area (Å²) in [5.41, 5.74) is 0. The van der Waals surface area contributed by atoms with Gasteiger partial charge >= 0.3 is 0 Å². The van der Waals surface area contributed by atoms with E-state index in [1.165, 1.54) is 0 Å². The van der Waals surface area contributed by atoms with Crippen molar-refractivity contribution in [3.05, 3.63) is 0 Å². The van der Waals surface area contributed by atoms with Crippen LogP contribution in [0.5, 0.6) is 0 Å². The number of hydrogen-bond acceptors (Lipinski definition) is 5. The molecule has 0 aromatic heterocycles. The predicted molar refractivity (Wildman–Crippen MR) is 56.2 cm³/mol. The van der Waals surface area contributed by atoms with Gasteiger partial charge < -0.3 is 24.4 Å². The molecule has 0 unspecified atom stereocenters. The molecule has 0 aliphatic rings. The van der Waals surface area contributed by atoms with Crippen molar-refractivity contribution in [2.75, 3.05) is 46.2 Å². The topological polar surface area (TPSA) is 68.2 Å². The van der Waals surface area contributed by atoms with E-state index in [0.717, 1.165) is 0 Å². The first-order valence-electron chi connectivity index (χ1n) is 4.50. The second-order valence-electron chi connectivity index (χ2n) is 2.67. The molecule has 0 fully saturated rings. The minimum Gasteiger partial charge on any atom is -0.394 e. The fourth-order valence-electron chi connectivity index (χ4n) is 0.699. The lowest BCUT2D eigenvalue weighted by atomic mass is 10.7. The molecule has 0 saturated heterocycles. The van der Waals surface area contributed by atoms with Gasteiger partial charge in [-0.1, -0.05) is 23.2 Å². The summed E-state index contributed by atoms with van der Waals surface area (Å²) in [5, 5.41) is 17.2. The molecule has 0 aliphatic carbocycles. The summed E-state index contributed by atoms with van der Waals surface area (Å²) in [7, 11) is 0. The highest BCUT2D eigenvalue weighted by Gasteiger charge is 2.18. The van der Waals surface area contributed by atoms with Crippen LogP contribution in [0, 0.1) is 0 Å². The highest BCUT2D eigenvalue weighted by molar-refractivity contribution is 6.47. The number of halogens is 2. The van der Waals surface area contributed by atoms with Crippen molar-refractivity contribution in [1.82, 2.24) is 0 Å². The highest BCUT2D eigenvalue weighted by atomic mass is 35.5. The summed E-state index contributed by atoms with van der Waals surface area (Å²) in [5.74, 6) is 0. The Labute approximate surface area is 98.8 Å². The van der Waals surface area contributed by atoms with Crippen LogP contribution in [0.1, 0.15) is 0 Å². The number of ether oxygens (including phenoxy) is 3. The van der Waals surface area contributed by atoms with E-state index in [1.807, 2.05) is 0 Å². The molecule has 0 aromatic carbocycles. The van der Waals surface area contributed by atoms with Gasteiger partial charge in [0, 0.05) is 0 Å². The van der Waals surface area contributed by atoms with Crippen LogP contribution in [0.3, 0.4) is 0 Å². The molecule has 0 rings (SSSR count). The SMILES string of the molecule is OCCOCCOCCOCC(O)(Cl)Cl. The maximum atomic E-state index is 8.84. The minimum atomic E-state index is -1.84. The van der Waals surface area contributed by atoms with E-state index in [4.69, 9.17) is 47.6 Å². The van der Waals surface area contributed by atoms with Crippen LogP contribution in [-0.4, -0.2) is 61.0 Å². The lowest BCUT2D eigenvalue weighted by molar-refractivity contribution is -0.00681. The van der Waals surface area contributed by atoms with Crippen molar-refractivity contribution in [3.8, 4) is 0 Å². The second-order valence-corrected chi connectivity index (χ2v) is 4.11. The van der Waals surface area contributed by atoms with Crippen LogP contribution >= 0.6 is 23.2 Å². The molecule has 0 spiro atoms. The van der Waals surface area contributed by atoms with Crippen LogP contribution in [0.2, 0.25) is 0 Å². The van der Waals surface area contributed by atoms with E-state index in [1.54, 1.807) is 0 Å². The van der Waals surface area contributed by atoms with E-state index in [2.05, 4.69) is 0 Å². The average Bonchev–Trinajstić information content (AvgIpc) is 2.14. The quantitative estimate of drug-likeness (QED) is 0.434. The Balaban J connectivity index is 2.99. The lowest BCUT2D eigenvalue weighted by Gasteiger charge is -2.12. The van der Waals surface area contributed by atoms with Crippen molar-refractivity contribution in [2.24, 2.45) is 0 Å². The van der Waals surface area contributed by atoms with Crippen LogP contribution in [-0.2, 0) is 14.2 Å². The molecule has 15 heavy (non-hydrogen) atoms. The first kappa shape index (κ1) is 15.4. The lowest BCUT2D eigenvalue weighted by Crippen LogP contribution is -2.21. The van der Waals surface area contributed by atoms with Gasteiger partial charge in [-0.2, -0.15) is 0 Å². The Morgan fingerprint density at radius 1 is 0.867 bits per heavy atom. The van der Waals surface area contributed by atoms with Crippen molar-refractivity contribution in [3.63, 3.8) is 0 Å². The molecule has 0 bridgehead atoms. The molecule has 0 saturated carbocycles. The largest absolute Gasteiger partial charge is 0.394 e. The van der Waals surface area contributed by atoms with E-state index in [-0.39, 0.29) is 13.2 Å². The Morgan fingerprint density at radius 2 is 1.33 bits per heavy atom. The predicted octanol–water partition coefficient (Wildman–Crippen LogP) is 0.152. The van der Waals surface area contributed by atoms with Gasteiger partial charge in [-0.25, -0.2) is 0 Å². The van der Waals surface area contributed by atoms with Gasteiger partial charge in [0.1, 0.15) is 6.61 Å². The van der Waals surface area contributed by atoms with Crippen LogP contribution in [0.4, 0.5) is 0 Å². The Morgan fingerprint density at radius 3 is 1.80 bits per heavy atom. The average molecular weight is 263 g/mol. The second kappa shape index (κ2) is 9.59. The van der Waals surface area contributed by atoms with Gasteiger partial charge in [-0.05, 0) is 0 Å². The summed E-state index contributed by atoms with van der Waals surface area (Å²) in [4.78, 5) is 0. The number of rotatable bonds is 10. The standard InChI is InChI=1S/C8H16Cl2O5/c9-8(10,12)7-15-6-5-14-4-3-13-2-1-11/h11-12H,1-7H2. The Hall–Kier alpha value is 0.380. The molecule has 0 radical (unpaired) electrons. The van der Waals surface area contributed by atoms with Gasteiger partial charge in [0.2, 0.25) is 4.52 Å². The van der Waals surface area contributed by atoms with E-state index < -0.39 is 4.52 Å². The van der Waals surface area contributed by atoms with Crippen LogP contribution < -0.4 is 0 Å². The first-order valence-corrected chi connectivity index (χ1v) is 5.26. The zero-order valence-electron chi connectivity index (χ0n) is 8.32. The number of hydrogen-bond donors (Lipinski definition) is 2. The fraction of sp³-hybridized carbons (Fsp3) is 1.00. The van der Waals surface area contributed by atoms with Gasteiger partial charge in [0.05, 0.1) is 39.6 Å². The van der Waals surface area contributed by atoms with Crippen molar-refractivity contribution in [1.29, 1.82) is 0 Å². The first-order chi connectivity index (χ1) is 7.06. The molecule has 5 nitrogen and oxygen atoms in total. The summed E-state index contributed by atoms with van der Waals surface area (Å²) >= 11 is 10.5. The van der Waals surface area contributed by atoms with Crippen LogP contribution in [0.15, 0.2) is 0 Å². The highest BCUT2D eigenvalue weighted by Crippen LogP contribution is 2.15. The maximum absolute atomic E-state index is 8.84. The molecule has 0 aromatic rings. The van der Waals surface area contributed by atoms with Crippen molar-refractivity contribution >= 4 is 23.2 Å². The maximum Gasteiger partial charge on any atom is 0.238 e. The van der Waals surface area contributed by atoms with Gasteiger partial charge in [-0.3, -0.25) is 0 Å². The molecular formula is C8H16Cl2O5. The van der Waals surface area contributed by atoms with E-state index >= 15 is 0 Å². The molecule has 0 aliphatic heterocycles. The van der Waals surface area contributed by atoms with Crippen LogP contribution in [0.25, 0.3) is 0 Å². The minimum absolute atomic E-state index is 0.00708. The zero-order valence-corrected chi connectivity index (χ0v) is 9.84. The molecular weight excluding hydrogens is 247 g/mol. The molecule has 0 heterocycles. The molecule has 2 N–H and O–H groups in total. The molecule has 0 atom stereocenters. The van der Waals surface area contributed by atoms with Crippen molar-refractivity contribution < 1.29 is 24.4 Å². The normalized spacial score (nSPS) is 12.0. The van der Waals surface area contributed by atoms with Gasteiger partial charge in [-0.15, -0.1) is 0 Å². The monoisotopic (exact) mass is 262 g/mol. The third kappa shape index (κ3) is 14.4. The summed E-state index contributed by atoms with van der Waals surface area (Å²) in [6.45, 7) is 1.66. The summed E-state index contributed by atoms with van der Waals surface area (Å²) in [6, 6.07) is 0. The molecule has 92 valence electrons. The fourth-order valence-corrected chi connectivity index (χ4v) is 0.854.